The number of hydrogen-bond donors (Lipinski definition) is 1. The molecule has 1 aliphatic carbocycles. The van der Waals surface area contributed by atoms with Gasteiger partial charge in [0.25, 0.3) is 0 Å². The molecule has 0 aliphatic heterocycles. The van der Waals surface area contributed by atoms with Crippen LogP contribution in [-0.2, 0) is 0 Å². The van der Waals surface area contributed by atoms with E-state index in [1.807, 2.05) is 19.1 Å². The number of nitrogens with zero attached hydrogens (tertiary/aromatic N) is 2. The largest absolute Gasteiger partial charge is 0.361 e. The third kappa shape index (κ3) is 2.47. The lowest BCUT2D eigenvalue weighted by molar-refractivity contribution is 0.352. The normalized spacial score (nSPS) is 18.1. The second-order valence-corrected chi connectivity index (χ2v) is 6.05. The van der Waals surface area contributed by atoms with Crippen molar-refractivity contribution >= 4 is 28.2 Å². The van der Waals surface area contributed by atoms with Gasteiger partial charge >= 0.3 is 0 Å². The molecule has 4 heteroatoms. The number of aryl methyl sites for hydroxylation is 1. The molecule has 1 N–H and O–H groups in total. The summed E-state index contributed by atoms with van der Waals surface area (Å²) < 4.78 is 0. The van der Waals surface area contributed by atoms with Gasteiger partial charge in [0, 0.05) is 16.7 Å². The zero-order chi connectivity index (χ0) is 14.0. The van der Waals surface area contributed by atoms with E-state index in [0.29, 0.717) is 5.88 Å². The third-order valence-electron chi connectivity index (χ3n) is 4.32. The van der Waals surface area contributed by atoms with Crippen molar-refractivity contribution in [2.45, 2.75) is 44.6 Å². The fraction of sp³-hybridized carbons (Fsp3) is 0.500. The molecule has 0 radical (unpaired) electrons. The number of alkyl halides is 1. The fourth-order valence-corrected chi connectivity index (χ4v) is 3.44. The average molecular weight is 290 g/mol. The number of halogens is 1. The Balaban J connectivity index is 2.00. The van der Waals surface area contributed by atoms with E-state index in [9.17, 15) is 0 Å². The summed E-state index contributed by atoms with van der Waals surface area (Å²) in [7, 11) is 0. The van der Waals surface area contributed by atoms with Gasteiger partial charge in [-0.1, -0.05) is 43.5 Å². The first-order chi connectivity index (χ1) is 9.74. The molecule has 106 valence electrons. The van der Waals surface area contributed by atoms with Crippen LogP contribution in [0.3, 0.4) is 0 Å². The molecule has 1 heterocycles. The van der Waals surface area contributed by atoms with Gasteiger partial charge in [-0.2, -0.15) is 5.10 Å². The number of hydrogen-bond acceptors (Lipinski definition) is 3. The molecule has 0 spiro atoms. The SMILES string of the molecule is Cc1nnc(NC2(CCl)CCCCC2)c2ccccc12. The van der Waals surface area contributed by atoms with E-state index in [0.717, 1.165) is 35.1 Å². The standard InChI is InChI=1S/C16H20ClN3/c1-12-13-7-3-4-8-14(13)15(20-19-12)18-16(11-17)9-5-2-6-10-16/h3-4,7-8H,2,5-6,9-11H2,1H3,(H,18,20). The molecule has 0 atom stereocenters. The van der Waals surface area contributed by atoms with E-state index in [4.69, 9.17) is 11.6 Å². The van der Waals surface area contributed by atoms with Gasteiger partial charge in [0.05, 0.1) is 11.2 Å². The number of fused-ring (bicyclic) bond motifs is 1. The van der Waals surface area contributed by atoms with Crippen LogP contribution < -0.4 is 5.32 Å². The lowest BCUT2D eigenvalue weighted by atomic mass is 9.83. The quantitative estimate of drug-likeness (QED) is 0.857. The average Bonchev–Trinajstić information content (AvgIpc) is 2.51. The van der Waals surface area contributed by atoms with E-state index in [1.165, 1.54) is 19.3 Å². The molecule has 0 amide bonds. The van der Waals surface area contributed by atoms with Crippen molar-refractivity contribution in [2.75, 3.05) is 11.2 Å². The van der Waals surface area contributed by atoms with Crippen LogP contribution in [0.2, 0.25) is 0 Å². The monoisotopic (exact) mass is 289 g/mol. The van der Waals surface area contributed by atoms with Crippen LogP contribution in [0.1, 0.15) is 37.8 Å². The number of benzene rings is 1. The Hall–Kier alpha value is -1.35. The van der Waals surface area contributed by atoms with Crippen LogP contribution in [0.5, 0.6) is 0 Å². The first kappa shape index (κ1) is 13.6. The molecule has 1 aromatic heterocycles. The zero-order valence-electron chi connectivity index (χ0n) is 11.8. The van der Waals surface area contributed by atoms with Crippen molar-refractivity contribution in [1.82, 2.24) is 10.2 Å². The van der Waals surface area contributed by atoms with Crippen LogP contribution >= 0.6 is 11.6 Å². The van der Waals surface area contributed by atoms with E-state index in [1.54, 1.807) is 0 Å². The van der Waals surface area contributed by atoms with E-state index in [-0.39, 0.29) is 5.54 Å². The molecule has 20 heavy (non-hydrogen) atoms. The summed E-state index contributed by atoms with van der Waals surface area (Å²) in [6.07, 6.45) is 6.00. The smallest absolute Gasteiger partial charge is 0.157 e. The predicted molar refractivity (Wildman–Crippen MR) is 84.4 cm³/mol. The Morgan fingerprint density at radius 1 is 1.10 bits per heavy atom. The van der Waals surface area contributed by atoms with Gasteiger partial charge in [-0.3, -0.25) is 0 Å². The van der Waals surface area contributed by atoms with Crippen molar-refractivity contribution in [2.24, 2.45) is 0 Å². The van der Waals surface area contributed by atoms with Gasteiger partial charge < -0.3 is 5.32 Å². The Morgan fingerprint density at radius 2 is 1.80 bits per heavy atom. The van der Waals surface area contributed by atoms with Crippen molar-refractivity contribution in [1.29, 1.82) is 0 Å². The molecule has 1 aromatic carbocycles. The zero-order valence-corrected chi connectivity index (χ0v) is 12.6. The van der Waals surface area contributed by atoms with Crippen molar-refractivity contribution in [3.8, 4) is 0 Å². The van der Waals surface area contributed by atoms with Crippen LogP contribution in [0.4, 0.5) is 5.82 Å². The van der Waals surface area contributed by atoms with E-state index in [2.05, 4.69) is 27.6 Å². The van der Waals surface area contributed by atoms with E-state index >= 15 is 0 Å². The molecule has 0 unspecified atom stereocenters. The minimum absolute atomic E-state index is 0.0213. The van der Waals surface area contributed by atoms with Crippen LogP contribution in [0, 0.1) is 6.92 Å². The minimum Gasteiger partial charge on any atom is -0.361 e. The molecule has 0 saturated heterocycles. The fourth-order valence-electron chi connectivity index (χ4n) is 3.10. The first-order valence-corrected chi connectivity index (χ1v) is 7.84. The summed E-state index contributed by atoms with van der Waals surface area (Å²) in [5.74, 6) is 1.49. The second-order valence-electron chi connectivity index (χ2n) is 5.78. The molecule has 2 aromatic rings. The molecular weight excluding hydrogens is 270 g/mol. The molecule has 1 saturated carbocycles. The second kappa shape index (κ2) is 5.57. The lowest BCUT2D eigenvalue weighted by Gasteiger charge is -2.37. The highest BCUT2D eigenvalue weighted by Crippen LogP contribution is 2.34. The third-order valence-corrected chi connectivity index (χ3v) is 4.83. The van der Waals surface area contributed by atoms with Gasteiger partial charge in [-0.25, -0.2) is 0 Å². The summed E-state index contributed by atoms with van der Waals surface area (Å²) in [5.41, 5.74) is 0.946. The number of nitrogens with one attached hydrogen (secondary N) is 1. The number of anilines is 1. The maximum Gasteiger partial charge on any atom is 0.157 e. The van der Waals surface area contributed by atoms with Gasteiger partial charge in [-0.05, 0) is 19.8 Å². The minimum atomic E-state index is -0.0213. The highest BCUT2D eigenvalue weighted by molar-refractivity contribution is 6.19. The molecule has 3 nitrogen and oxygen atoms in total. The predicted octanol–water partition coefficient (Wildman–Crippen LogP) is 4.29. The van der Waals surface area contributed by atoms with Crippen LogP contribution in [-0.4, -0.2) is 21.6 Å². The Bertz CT molecular complexity index is 606. The lowest BCUT2D eigenvalue weighted by Crippen LogP contribution is -2.42. The molecule has 1 aliphatic rings. The molecule has 0 bridgehead atoms. The highest BCUT2D eigenvalue weighted by Gasteiger charge is 2.32. The summed E-state index contributed by atoms with van der Waals surface area (Å²) in [6.45, 7) is 2.00. The number of aromatic nitrogens is 2. The van der Waals surface area contributed by atoms with Gasteiger partial charge in [0.1, 0.15) is 0 Å². The van der Waals surface area contributed by atoms with Crippen molar-refractivity contribution in [3.05, 3.63) is 30.0 Å². The Labute approximate surface area is 124 Å². The van der Waals surface area contributed by atoms with Gasteiger partial charge in [0.2, 0.25) is 0 Å². The summed E-state index contributed by atoms with van der Waals surface area (Å²) in [5, 5.41) is 14.6. The summed E-state index contributed by atoms with van der Waals surface area (Å²) in [6, 6.07) is 8.28. The maximum absolute atomic E-state index is 6.26. The number of rotatable bonds is 3. The molecule has 3 rings (SSSR count). The van der Waals surface area contributed by atoms with Gasteiger partial charge in [0.15, 0.2) is 5.82 Å². The summed E-state index contributed by atoms with van der Waals surface area (Å²) in [4.78, 5) is 0. The van der Waals surface area contributed by atoms with E-state index < -0.39 is 0 Å². The molecular formula is C16H20ClN3. The Morgan fingerprint density at radius 3 is 2.50 bits per heavy atom. The van der Waals surface area contributed by atoms with Crippen LogP contribution in [0.15, 0.2) is 24.3 Å². The van der Waals surface area contributed by atoms with Gasteiger partial charge in [-0.15, -0.1) is 16.7 Å². The van der Waals surface area contributed by atoms with Crippen molar-refractivity contribution in [3.63, 3.8) is 0 Å². The topological polar surface area (TPSA) is 37.8 Å². The summed E-state index contributed by atoms with van der Waals surface area (Å²) >= 11 is 6.26. The first-order valence-electron chi connectivity index (χ1n) is 7.30. The Kier molecular flexibility index (Phi) is 3.79. The maximum atomic E-state index is 6.26. The highest BCUT2D eigenvalue weighted by atomic mass is 35.5. The van der Waals surface area contributed by atoms with Crippen molar-refractivity contribution < 1.29 is 0 Å². The molecule has 1 fully saturated rings. The van der Waals surface area contributed by atoms with Crippen LogP contribution in [0.25, 0.3) is 10.8 Å².